The minimum atomic E-state index is -0.400. The van der Waals surface area contributed by atoms with Crippen LogP contribution in [0.15, 0.2) is 53.9 Å². The second-order valence-corrected chi connectivity index (χ2v) is 7.88. The molecular weight excluding hydrogens is 402 g/mol. The Morgan fingerprint density at radius 1 is 1.07 bits per heavy atom. The molecule has 1 aliphatic rings. The summed E-state index contributed by atoms with van der Waals surface area (Å²) in [6, 6.07) is 14.4. The average molecular weight is 426 g/mol. The molecule has 0 bridgehead atoms. The lowest BCUT2D eigenvalue weighted by atomic mass is 10.1. The SMILES string of the molecule is O=[N+]([O-])c1ccc(-c2csc(-c3ccc(OCCCN4CCOCC4)cc3)n2)cc1. The van der Waals surface area contributed by atoms with E-state index in [0.717, 1.165) is 66.8 Å². The van der Waals surface area contributed by atoms with E-state index < -0.39 is 4.92 Å². The van der Waals surface area contributed by atoms with Gasteiger partial charge in [0.05, 0.1) is 30.4 Å². The highest BCUT2D eigenvalue weighted by atomic mass is 32.1. The molecular formula is C22H23N3O4S. The topological polar surface area (TPSA) is 77.7 Å². The summed E-state index contributed by atoms with van der Waals surface area (Å²) >= 11 is 1.55. The summed E-state index contributed by atoms with van der Waals surface area (Å²) in [5.41, 5.74) is 2.78. The number of morpholine rings is 1. The molecule has 7 nitrogen and oxygen atoms in total. The third-order valence-corrected chi connectivity index (χ3v) is 5.86. The fraction of sp³-hybridized carbons (Fsp3) is 0.318. The summed E-state index contributed by atoms with van der Waals surface area (Å²) in [5, 5.41) is 13.7. The predicted molar refractivity (Wildman–Crippen MR) is 117 cm³/mol. The summed E-state index contributed by atoms with van der Waals surface area (Å²) < 4.78 is 11.2. The molecule has 4 rings (SSSR count). The first kappa shape index (κ1) is 20.5. The van der Waals surface area contributed by atoms with Crippen LogP contribution in [0, 0.1) is 10.1 Å². The smallest absolute Gasteiger partial charge is 0.269 e. The third kappa shape index (κ3) is 5.21. The maximum Gasteiger partial charge on any atom is 0.269 e. The van der Waals surface area contributed by atoms with Crippen molar-refractivity contribution in [2.75, 3.05) is 39.5 Å². The van der Waals surface area contributed by atoms with Crippen molar-refractivity contribution in [2.45, 2.75) is 6.42 Å². The van der Waals surface area contributed by atoms with Gasteiger partial charge in [-0.2, -0.15) is 0 Å². The molecule has 1 fully saturated rings. The zero-order valence-electron chi connectivity index (χ0n) is 16.5. The van der Waals surface area contributed by atoms with E-state index in [1.807, 2.05) is 29.6 Å². The van der Waals surface area contributed by atoms with Crippen LogP contribution in [0.3, 0.4) is 0 Å². The van der Waals surface area contributed by atoms with Crippen LogP contribution >= 0.6 is 11.3 Å². The van der Waals surface area contributed by atoms with Gasteiger partial charge in [0.2, 0.25) is 0 Å². The lowest BCUT2D eigenvalue weighted by molar-refractivity contribution is -0.384. The van der Waals surface area contributed by atoms with Gasteiger partial charge in [-0.3, -0.25) is 15.0 Å². The summed E-state index contributed by atoms with van der Waals surface area (Å²) in [4.78, 5) is 17.5. The average Bonchev–Trinajstić information content (AvgIpc) is 3.28. The molecule has 1 saturated heterocycles. The van der Waals surface area contributed by atoms with Gasteiger partial charge in [-0.1, -0.05) is 0 Å². The molecule has 0 amide bonds. The number of nitro groups is 1. The first-order valence-corrected chi connectivity index (χ1v) is 10.8. The van der Waals surface area contributed by atoms with Crippen molar-refractivity contribution < 1.29 is 14.4 Å². The Bertz CT molecular complexity index is 967. The molecule has 0 spiro atoms. The lowest BCUT2D eigenvalue weighted by Gasteiger charge is -2.26. The monoisotopic (exact) mass is 425 g/mol. The van der Waals surface area contributed by atoms with Gasteiger partial charge in [0.1, 0.15) is 10.8 Å². The van der Waals surface area contributed by atoms with Crippen molar-refractivity contribution in [2.24, 2.45) is 0 Å². The molecule has 0 N–H and O–H groups in total. The molecule has 0 saturated carbocycles. The highest BCUT2D eigenvalue weighted by Crippen LogP contribution is 2.30. The van der Waals surface area contributed by atoms with E-state index in [2.05, 4.69) is 9.88 Å². The summed E-state index contributed by atoms with van der Waals surface area (Å²) in [6.45, 7) is 5.38. The van der Waals surface area contributed by atoms with E-state index >= 15 is 0 Å². The van der Waals surface area contributed by atoms with E-state index in [1.165, 1.54) is 12.1 Å². The number of nitro benzene ring substituents is 1. The Morgan fingerprint density at radius 3 is 2.47 bits per heavy atom. The number of nitrogens with zero attached hydrogens (tertiary/aromatic N) is 3. The molecule has 30 heavy (non-hydrogen) atoms. The number of thiazole rings is 1. The van der Waals surface area contributed by atoms with Crippen LogP contribution in [0.1, 0.15) is 6.42 Å². The lowest BCUT2D eigenvalue weighted by Crippen LogP contribution is -2.37. The van der Waals surface area contributed by atoms with E-state index in [9.17, 15) is 10.1 Å². The quantitative estimate of drug-likeness (QED) is 0.301. The third-order valence-electron chi connectivity index (χ3n) is 4.97. The van der Waals surface area contributed by atoms with Gasteiger partial charge in [0, 0.05) is 48.3 Å². The van der Waals surface area contributed by atoms with E-state index in [-0.39, 0.29) is 5.69 Å². The first-order chi connectivity index (χ1) is 14.7. The summed E-state index contributed by atoms with van der Waals surface area (Å²) in [5.74, 6) is 0.855. The Kier molecular flexibility index (Phi) is 6.68. The van der Waals surface area contributed by atoms with Gasteiger partial charge in [-0.15, -0.1) is 11.3 Å². The number of ether oxygens (including phenoxy) is 2. The molecule has 0 aliphatic carbocycles. The molecule has 0 unspecified atom stereocenters. The second kappa shape index (κ2) is 9.80. The van der Waals surface area contributed by atoms with Crippen LogP contribution in [0.5, 0.6) is 5.75 Å². The molecule has 0 radical (unpaired) electrons. The summed E-state index contributed by atoms with van der Waals surface area (Å²) in [6.07, 6.45) is 0.993. The van der Waals surface area contributed by atoms with Crippen molar-refractivity contribution >= 4 is 17.0 Å². The van der Waals surface area contributed by atoms with Crippen LogP contribution in [-0.4, -0.2) is 54.3 Å². The van der Waals surface area contributed by atoms with Crippen LogP contribution in [-0.2, 0) is 4.74 Å². The molecule has 3 aromatic rings. The van der Waals surface area contributed by atoms with Crippen LogP contribution < -0.4 is 4.74 Å². The Morgan fingerprint density at radius 2 is 1.77 bits per heavy atom. The fourth-order valence-electron chi connectivity index (χ4n) is 3.29. The van der Waals surface area contributed by atoms with Crippen LogP contribution in [0.2, 0.25) is 0 Å². The highest BCUT2D eigenvalue weighted by molar-refractivity contribution is 7.13. The van der Waals surface area contributed by atoms with Crippen molar-refractivity contribution in [3.63, 3.8) is 0 Å². The number of non-ortho nitro benzene ring substituents is 1. The minimum Gasteiger partial charge on any atom is -0.494 e. The number of benzene rings is 2. The Labute approximate surface area is 179 Å². The standard InChI is InChI=1S/C22H23N3O4S/c26-25(27)19-6-2-17(3-7-19)21-16-30-22(23-21)18-4-8-20(9-5-18)29-13-1-10-24-11-14-28-15-12-24/h2-9,16H,1,10-15H2. The largest absolute Gasteiger partial charge is 0.494 e. The zero-order valence-corrected chi connectivity index (χ0v) is 17.3. The molecule has 1 aromatic heterocycles. The normalized spacial score (nSPS) is 14.5. The number of hydrogen-bond donors (Lipinski definition) is 0. The number of aromatic nitrogens is 1. The van der Waals surface area contributed by atoms with Crippen molar-refractivity contribution in [3.05, 3.63) is 64.0 Å². The zero-order chi connectivity index (χ0) is 20.8. The molecule has 156 valence electrons. The minimum absolute atomic E-state index is 0.0785. The van der Waals surface area contributed by atoms with E-state index in [1.54, 1.807) is 23.5 Å². The predicted octanol–water partition coefficient (Wildman–Crippen LogP) is 4.49. The van der Waals surface area contributed by atoms with Gasteiger partial charge in [-0.25, -0.2) is 4.98 Å². The Balaban J connectivity index is 1.31. The van der Waals surface area contributed by atoms with Gasteiger partial charge in [0.25, 0.3) is 5.69 Å². The Hall–Kier alpha value is -2.81. The number of rotatable bonds is 8. The van der Waals surface area contributed by atoms with Gasteiger partial charge in [0.15, 0.2) is 0 Å². The van der Waals surface area contributed by atoms with Crippen molar-refractivity contribution in [1.82, 2.24) is 9.88 Å². The van der Waals surface area contributed by atoms with Crippen molar-refractivity contribution in [1.29, 1.82) is 0 Å². The molecule has 1 aliphatic heterocycles. The molecule has 2 aromatic carbocycles. The maximum atomic E-state index is 10.8. The van der Waals surface area contributed by atoms with Gasteiger partial charge in [-0.05, 0) is 42.8 Å². The summed E-state index contributed by atoms with van der Waals surface area (Å²) in [7, 11) is 0. The number of hydrogen-bond acceptors (Lipinski definition) is 7. The fourth-order valence-corrected chi connectivity index (χ4v) is 4.12. The van der Waals surface area contributed by atoms with Crippen LogP contribution in [0.4, 0.5) is 5.69 Å². The maximum absolute atomic E-state index is 10.8. The van der Waals surface area contributed by atoms with Crippen molar-refractivity contribution in [3.8, 4) is 27.6 Å². The second-order valence-electron chi connectivity index (χ2n) is 7.02. The first-order valence-electron chi connectivity index (χ1n) is 9.93. The van der Waals surface area contributed by atoms with Crippen LogP contribution in [0.25, 0.3) is 21.8 Å². The van der Waals surface area contributed by atoms with E-state index in [0.29, 0.717) is 6.61 Å². The van der Waals surface area contributed by atoms with Gasteiger partial charge >= 0.3 is 0 Å². The van der Waals surface area contributed by atoms with Gasteiger partial charge < -0.3 is 9.47 Å². The van der Waals surface area contributed by atoms with E-state index in [4.69, 9.17) is 9.47 Å². The molecule has 8 heteroatoms. The molecule has 0 atom stereocenters. The molecule has 2 heterocycles. The highest BCUT2D eigenvalue weighted by Gasteiger charge is 2.11.